The number of pyridine rings is 1. The maximum Gasteiger partial charge on any atom is 0.191 e. The van der Waals surface area contributed by atoms with E-state index in [-0.39, 0.29) is 0 Å². The van der Waals surface area contributed by atoms with E-state index in [4.69, 9.17) is 4.74 Å². The van der Waals surface area contributed by atoms with Crippen LogP contribution in [0.2, 0.25) is 0 Å². The average Bonchev–Trinajstić information content (AvgIpc) is 2.67. The first-order chi connectivity index (χ1) is 12.6. The van der Waals surface area contributed by atoms with Crippen molar-refractivity contribution in [3.8, 4) is 5.75 Å². The predicted octanol–water partition coefficient (Wildman–Crippen LogP) is 2.58. The third kappa shape index (κ3) is 5.81. The second kappa shape index (κ2) is 10.1. The van der Waals surface area contributed by atoms with E-state index in [1.807, 2.05) is 55.5 Å². The number of aromatic nitrogens is 1. The number of guanidine groups is 1. The van der Waals surface area contributed by atoms with Gasteiger partial charge in [-0.15, -0.1) is 0 Å². The molecule has 0 aliphatic heterocycles. The lowest BCUT2D eigenvalue weighted by Gasteiger charge is -2.15. The molecule has 26 heavy (non-hydrogen) atoms. The van der Waals surface area contributed by atoms with E-state index in [0.29, 0.717) is 19.7 Å². The molecule has 0 spiro atoms. The van der Waals surface area contributed by atoms with Crippen molar-refractivity contribution in [3.63, 3.8) is 0 Å². The number of benzene rings is 1. The van der Waals surface area contributed by atoms with Crippen LogP contribution in [-0.2, 0) is 13.1 Å². The van der Waals surface area contributed by atoms with Crippen LogP contribution in [0.15, 0.2) is 60.2 Å². The van der Waals surface area contributed by atoms with E-state index in [1.54, 1.807) is 13.1 Å². The molecule has 6 heteroatoms. The number of para-hydroxylation sites is 1. The van der Waals surface area contributed by atoms with Crippen LogP contribution in [0.3, 0.4) is 0 Å². The maximum absolute atomic E-state index is 5.69. The maximum atomic E-state index is 5.69. The van der Waals surface area contributed by atoms with E-state index in [9.17, 15) is 0 Å². The lowest BCUT2D eigenvalue weighted by molar-refractivity contribution is 0.358. The van der Waals surface area contributed by atoms with Crippen LogP contribution in [0.25, 0.3) is 0 Å². The van der Waals surface area contributed by atoms with Crippen molar-refractivity contribution >= 4 is 11.8 Å². The minimum atomic E-state index is 0.486. The first-order valence-electron chi connectivity index (χ1n) is 8.52. The van der Waals surface area contributed by atoms with Crippen LogP contribution >= 0.6 is 0 Å². The number of hydrogen-bond acceptors (Lipinski definition) is 4. The summed E-state index contributed by atoms with van der Waals surface area (Å²) in [6.07, 6.45) is 3.55. The summed E-state index contributed by atoms with van der Waals surface area (Å²) in [6, 6.07) is 12.0. The molecule has 2 aromatic rings. The Bertz CT molecular complexity index is 742. The summed E-state index contributed by atoms with van der Waals surface area (Å²) in [6.45, 7) is 5.45. The Kier molecular flexibility index (Phi) is 7.49. The van der Waals surface area contributed by atoms with Crippen LogP contribution in [0, 0.1) is 0 Å². The molecule has 0 fully saturated rings. The van der Waals surface area contributed by atoms with E-state index in [0.717, 1.165) is 28.7 Å². The highest BCUT2D eigenvalue weighted by Gasteiger charge is 2.05. The smallest absolute Gasteiger partial charge is 0.191 e. The highest BCUT2D eigenvalue weighted by atomic mass is 16.5. The van der Waals surface area contributed by atoms with Crippen LogP contribution in [0.1, 0.15) is 11.1 Å². The fourth-order valence-electron chi connectivity index (χ4n) is 2.34. The number of anilines is 1. The molecule has 0 saturated heterocycles. The molecule has 0 radical (unpaired) electrons. The number of ether oxygens (including phenoxy) is 1. The second-order valence-corrected chi connectivity index (χ2v) is 5.90. The largest absolute Gasteiger partial charge is 0.489 e. The first-order valence-corrected chi connectivity index (χ1v) is 8.52. The van der Waals surface area contributed by atoms with Gasteiger partial charge in [-0.1, -0.05) is 30.9 Å². The van der Waals surface area contributed by atoms with Gasteiger partial charge in [-0.2, -0.15) is 0 Å². The molecule has 6 nitrogen and oxygen atoms in total. The highest BCUT2D eigenvalue weighted by Crippen LogP contribution is 2.17. The summed E-state index contributed by atoms with van der Waals surface area (Å²) in [5.74, 6) is 2.51. The Hall–Kier alpha value is -3.02. The molecule has 0 atom stereocenters. The summed E-state index contributed by atoms with van der Waals surface area (Å²) in [5.41, 5.74) is 2.21. The van der Waals surface area contributed by atoms with Gasteiger partial charge in [0, 0.05) is 46.0 Å². The van der Waals surface area contributed by atoms with Crippen molar-refractivity contribution in [2.45, 2.75) is 13.1 Å². The molecule has 1 aromatic carbocycles. The Morgan fingerprint density at radius 1 is 1.23 bits per heavy atom. The Morgan fingerprint density at radius 2 is 2.00 bits per heavy atom. The van der Waals surface area contributed by atoms with Crippen LogP contribution < -0.4 is 20.3 Å². The van der Waals surface area contributed by atoms with E-state index >= 15 is 0 Å². The van der Waals surface area contributed by atoms with Gasteiger partial charge in [0.25, 0.3) is 0 Å². The number of nitrogens with one attached hydrogen (secondary N) is 2. The zero-order valence-corrected chi connectivity index (χ0v) is 15.7. The lowest BCUT2D eigenvalue weighted by Crippen LogP contribution is -2.36. The molecule has 0 bridgehead atoms. The fourth-order valence-corrected chi connectivity index (χ4v) is 2.34. The van der Waals surface area contributed by atoms with Crippen LogP contribution in [-0.4, -0.2) is 38.7 Å². The molecule has 1 aromatic heterocycles. The van der Waals surface area contributed by atoms with Crippen LogP contribution in [0.4, 0.5) is 5.82 Å². The summed E-state index contributed by atoms with van der Waals surface area (Å²) < 4.78 is 5.69. The zero-order chi connectivity index (χ0) is 18.8. The van der Waals surface area contributed by atoms with Crippen molar-refractivity contribution in [3.05, 3.63) is 66.4 Å². The summed E-state index contributed by atoms with van der Waals surface area (Å²) in [7, 11) is 5.71. The van der Waals surface area contributed by atoms with E-state index in [1.165, 1.54) is 0 Å². The third-order valence-corrected chi connectivity index (χ3v) is 3.73. The Labute approximate surface area is 155 Å². The minimum Gasteiger partial charge on any atom is -0.489 e. The average molecular weight is 353 g/mol. The Balaban J connectivity index is 1.92. The molecule has 2 rings (SSSR count). The van der Waals surface area contributed by atoms with Crippen molar-refractivity contribution in [2.75, 3.05) is 32.6 Å². The highest BCUT2D eigenvalue weighted by molar-refractivity contribution is 5.79. The van der Waals surface area contributed by atoms with Gasteiger partial charge in [0.1, 0.15) is 18.2 Å². The standard InChI is InChI=1S/C20H27N5O/c1-5-12-26-18-9-7-6-8-17(18)15-24-20(21-2)23-14-16-10-11-22-19(13-16)25(3)4/h5-11,13H,1,12,14-15H2,2-4H3,(H2,21,23,24). The fraction of sp³-hybridized carbons (Fsp3) is 0.300. The molecule has 1 heterocycles. The number of aliphatic imine (C=N–C) groups is 1. The molecule has 0 aliphatic carbocycles. The molecular formula is C20H27N5O. The van der Waals surface area contributed by atoms with Crippen molar-refractivity contribution < 1.29 is 4.74 Å². The van der Waals surface area contributed by atoms with E-state index in [2.05, 4.69) is 33.3 Å². The second-order valence-electron chi connectivity index (χ2n) is 5.90. The third-order valence-electron chi connectivity index (χ3n) is 3.73. The van der Waals surface area contributed by atoms with Gasteiger partial charge in [0.2, 0.25) is 0 Å². The SMILES string of the molecule is C=CCOc1ccccc1CNC(=NC)NCc1ccnc(N(C)C)c1. The van der Waals surface area contributed by atoms with Gasteiger partial charge in [0.05, 0.1) is 0 Å². The molecule has 2 N–H and O–H groups in total. The minimum absolute atomic E-state index is 0.486. The number of hydrogen-bond donors (Lipinski definition) is 2. The number of rotatable bonds is 8. The first kappa shape index (κ1) is 19.3. The number of nitrogens with zero attached hydrogens (tertiary/aromatic N) is 3. The van der Waals surface area contributed by atoms with E-state index < -0.39 is 0 Å². The Morgan fingerprint density at radius 3 is 2.73 bits per heavy atom. The van der Waals surface area contributed by atoms with Crippen LogP contribution in [0.5, 0.6) is 5.75 Å². The van der Waals surface area contributed by atoms with Gasteiger partial charge >= 0.3 is 0 Å². The summed E-state index contributed by atoms with van der Waals surface area (Å²) in [5, 5.41) is 6.64. The van der Waals surface area contributed by atoms with Crippen molar-refractivity contribution in [1.82, 2.24) is 15.6 Å². The van der Waals surface area contributed by atoms with Crippen molar-refractivity contribution in [1.29, 1.82) is 0 Å². The van der Waals surface area contributed by atoms with Gasteiger partial charge in [-0.3, -0.25) is 4.99 Å². The molecule has 0 aliphatic rings. The quantitative estimate of drug-likeness (QED) is 0.434. The van der Waals surface area contributed by atoms with Gasteiger partial charge in [0.15, 0.2) is 5.96 Å². The van der Waals surface area contributed by atoms with Gasteiger partial charge in [-0.25, -0.2) is 4.98 Å². The molecule has 0 saturated carbocycles. The topological polar surface area (TPSA) is 61.8 Å². The molecule has 0 amide bonds. The monoisotopic (exact) mass is 353 g/mol. The van der Waals surface area contributed by atoms with Gasteiger partial charge < -0.3 is 20.3 Å². The molecular weight excluding hydrogens is 326 g/mol. The molecule has 0 unspecified atom stereocenters. The molecule has 138 valence electrons. The summed E-state index contributed by atoms with van der Waals surface area (Å²) in [4.78, 5) is 10.6. The lowest BCUT2D eigenvalue weighted by atomic mass is 10.2. The zero-order valence-electron chi connectivity index (χ0n) is 15.7. The summed E-state index contributed by atoms with van der Waals surface area (Å²) >= 11 is 0. The van der Waals surface area contributed by atoms with Gasteiger partial charge in [-0.05, 0) is 23.8 Å². The predicted molar refractivity (Wildman–Crippen MR) is 108 cm³/mol. The van der Waals surface area contributed by atoms with Crippen molar-refractivity contribution in [2.24, 2.45) is 4.99 Å². The normalized spacial score (nSPS) is 11.0.